The van der Waals surface area contributed by atoms with Crippen LogP contribution in [0.1, 0.15) is 18.9 Å². The summed E-state index contributed by atoms with van der Waals surface area (Å²) in [6, 6.07) is 6.59. The summed E-state index contributed by atoms with van der Waals surface area (Å²) in [4.78, 5) is 2.27. The van der Waals surface area contributed by atoms with Gasteiger partial charge >= 0.3 is 0 Å². The molecule has 1 aromatic carbocycles. The molecule has 0 spiro atoms. The molecular formula is C17H24FN3O. The SMILES string of the molecule is CCCN(C)Cc1cnn(CCOC)c1-c1ccc(F)cc1. The molecule has 0 fully saturated rings. The van der Waals surface area contributed by atoms with Gasteiger partial charge in [-0.1, -0.05) is 6.92 Å². The van der Waals surface area contributed by atoms with Gasteiger partial charge in [-0.2, -0.15) is 5.10 Å². The average Bonchev–Trinajstić information content (AvgIpc) is 2.89. The van der Waals surface area contributed by atoms with Gasteiger partial charge < -0.3 is 9.64 Å². The van der Waals surface area contributed by atoms with Crippen molar-refractivity contribution in [3.05, 3.63) is 41.8 Å². The van der Waals surface area contributed by atoms with Crippen molar-refractivity contribution in [3.8, 4) is 11.3 Å². The van der Waals surface area contributed by atoms with Gasteiger partial charge in [-0.25, -0.2) is 4.39 Å². The summed E-state index contributed by atoms with van der Waals surface area (Å²) in [5, 5.41) is 4.48. The quantitative estimate of drug-likeness (QED) is 0.750. The number of nitrogens with zero attached hydrogens (tertiary/aromatic N) is 3. The summed E-state index contributed by atoms with van der Waals surface area (Å²) < 4.78 is 20.3. The number of rotatable bonds is 8. The smallest absolute Gasteiger partial charge is 0.123 e. The first-order chi connectivity index (χ1) is 10.7. The molecule has 0 aliphatic heterocycles. The number of hydrogen-bond donors (Lipinski definition) is 0. The minimum atomic E-state index is -0.226. The van der Waals surface area contributed by atoms with Gasteiger partial charge in [0.25, 0.3) is 0 Å². The molecule has 0 amide bonds. The van der Waals surface area contributed by atoms with Crippen LogP contribution in [-0.2, 0) is 17.8 Å². The highest BCUT2D eigenvalue weighted by Gasteiger charge is 2.14. The van der Waals surface area contributed by atoms with Crippen molar-refractivity contribution in [1.29, 1.82) is 0 Å². The molecule has 0 saturated carbocycles. The second-order valence-corrected chi connectivity index (χ2v) is 5.48. The van der Waals surface area contributed by atoms with Crippen molar-refractivity contribution >= 4 is 0 Å². The molecule has 0 radical (unpaired) electrons. The van der Waals surface area contributed by atoms with Crippen molar-refractivity contribution in [1.82, 2.24) is 14.7 Å². The Balaban J connectivity index is 2.32. The highest BCUT2D eigenvalue weighted by atomic mass is 19.1. The van der Waals surface area contributed by atoms with Crippen LogP contribution >= 0.6 is 0 Å². The zero-order valence-corrected chi connectivity index (χ0v) is 13.6. The Kier molecular flexibility index (Phi) is 6.10. The van der Waals surface area contributed by atoms with Gasteiger partial charge in [-0.3, -0.25) is 4.68 Å². The van der Waals surface area contributed by atoms with Gasteiger partial charge in [-0.05, 0) is 44.3 Å². The van der Waals surface area contributed by atoms with Crippen LogP contribution in [0.15, 0.2) is 30.5 Å². The molecule has 0 saturated heterocycles. The molecule has 0 unspecified atom stereocenters. The molecule has 2 aromatic rings. The van der Waals surface area contributed by atoms with E-state index in [0.717, 1.165) is 36.3 Å². The zero-order valence-electron chi connectivity index (χ0n) is 13.6. The van der Waals surface area contributed by atoms with E-state index in [4.69, 9.17) is 4.74 Å². The largest absolute Gasteiger partial charge is 0.383 e. The Hall–Kier alpha value is -1.72. The van der Waals surface area contributed by atoms with E-state index in [9.17, 15) is 4.39 Å². The topological polar surface area (TPSA) is 30.3 Å². The minimum Gasteiger partial charge on any atom is -0.383 e. The Morgan fingerprint density at radius 2 is 2.00 bits per heavy atom. The fraction of sp³-hybridized carbons (Fsp3) is 0.471. The maximum Gasteiger partial charge on any atom is 0.123 e. The molecule has 0 aliphatic rings. The van der Waals surface area contributed by atoms with Gasteiger partial charge in [0.05, 0.1) is 25.0 Å². The molecule has 2 rings (SSSR count). The standard InChI is InChI=1S/C17H24FN3O/c1-4-9-20(2)13-15-12-19-21(10-11-22-3)17(15)14-5-7-16(18)8-6-14/h5-8,12H,4,9-11,13H2,1-3H3. The van der Waals surface area contributed by atoms with Crippen molar-refractivity contribution in [2.45, 2.75) is 26.4 Å². The molecular weight excluding hydrogens is 281 g/mol. The van der Waals surface area contributed by atoms with Crippen molar-refractivity contribution in [3.63, 3.8) is 0 Å². The lowest BCUT2D eigenvalue weighted by Crippen LogP contribution is -2.19. The van der Waals surface area contributed by atoms with Crippen molar-refractivity contribution in [2.24, 2.45) is 0 Å². The fourth-order valence-electron chi connectivity index (χ4n) is 2.58. The van der Waals surface area contributed by atoms with Gasteiger partial charge in [-0.15, -0.1) is 0 Å². The van der Waals surface area contributed by atoms with Crippen molar-refractivity contribution in [2.75, 3.05) is 27.3 Å². The Morgan fingerprint density at radius 3 is 2.64 bits per heavy atom. The maximum absolute atomic E-state index is 13.2. The molecule has 0 N–H and O–H groups in total. The number of methoxy groups -OCH3 is 1. The number of halogens is 1. The number of aromatic nitrogens is 2. The third-order valence-electron chi connectivity index (χ3n) is 3.59. The maximum atomic E-state index is 13.2. The molecule has 4 nitrogen and oxygen atoms in total. The average molecular weight is 305 g/mol. The van der Waals surface area contributed by atoms with Gasteiger partial charge in [0, 0.05) is 24.8 Å². The van der Waals surface area contributed by atoms with Crippen LogP contribution in [0.4, 0.5) is 4.39 Å². The van der Waals surface area contributed by atoms with Crippen LogP contribution in [0.5, 0.6) is 0 Å². The number of benzene rings is 1. The lowest BCUT2D eigenvalue weighted by Gasteiger charge is -2.16. The highest BCUT2D eigenvalue weighted by Crippen LogP contribution is 2.25. The van der Waals surface area contributed by atoms with Crippen LogP contribution in [-0.4, -0.2) is 42.0 Å². The van der Waals surface area contributed by atoms with Gasteiger partial charge in [0.1, 0.15) is 5.82 Å². The molecule has 5 heteroatoms. The number of hydrogen-bond acceptors (Lipinski definition) is 3. The summed E-state index contributed by atoms with van der Waals surface area (Å²) in [5.74, 6) is -0.226. The molecule has 120 valence electrons. The molecule has 0 atom stereocenters. The van der Waals surface area contributed by atoms with Crippen LogP contribution in [0, 0.1) is 5.82 Å². The van der Waals surface area contributed by atoms with Crippen LogP contribution in [0.2, 0.25) is 0 Å². The summed E-state index contributed by atoms with van der Waals surface area (Å²) in [6.07, 6.45) is 3.01. The Bertz CT molecular complexity index is 580. The lowest BCUT2D eigenvalue weighted by molar-refractivity contribution is 0.184. The van der Waals surface area contributed by atoms with E-state index < -0.39 is 0 Å². The summed E-state index contributed by atoms with van der Waals surface area (Å²) >= 11 is 0. The molecule has 1 aromatic heterocycles. The van der Waals surface area contributed by atoms with Crippen LogP contribution in [0.3, 0.4) is 0 Å². The number of ether oxygens (including phenoxy) is 1. The van der Waals surface area contributed by atoms with E-state index >= 15 is 0 Å². The lowest BCUT2D eigenvalue weighted by atomic mass is 10.1. The third kappa shape index (κ3) is 4.15. The first-order valence-corrected chi connectivity index (χ1v) is 7.63. The van der Waals surface area contributed by atoms with E-state index in [2.05, 4.69) is 24.0 Å². The van der Waals surface area contributed by atoms with Gasteiger partial charge in [0.2, 0.25) is 0 Å². The zero-order chi connectivity index (χ0) is 15.9. The summed E-state index contributed by atoms with van der Waals surface area (Å²) in [5.41, 5.74) is 3.17. The van der Waals surface area contributed by atoms with Crippen molar-refractivity contribution < 1.29 is 9.13 Å². The van der Waals surface area contributed by atoms with E-state index in [-0.39, 0.29) is 5.82 Å². The van der Waals surface area contributed by atoms with E-state index in [1.54, 1.807) is 19.2 Å². The van der Waals surface area contributed by atoms with Gasteiger partial charge in [0.15, 0.2) is 0 Å². The predicted molar refractivity (Wildman–Crippen MR) is 86.1 cm³/mol. The molecule has 0 aliphatic carbocycles. The first-order valence-electron chi connectivity index (χ1n) is 7.63. The Labute approximate surface area is 131 Å². The fourth-order valence-corrected chi connectivity index (χ4v) is 2.58. The molecule has 0 bridgehead atoms. The highest BCUT2D eigenvalue weighted by molar-refractivity contribution is 5.63. The first kappa shape index (κ1) is 16.6. The third-order valence-corrected chi connectivity index (χ3v) is 3.59. The van der Waals surface area contributed by atoms with E-state index in [0.29, 0.717) is 13.2 Å². The molecule has 1 heterocycles. The monoisotopic (exact) mass is 305 g/mol. The van der Waals surface area contributed by atoms with E-state index in [1.807, 2.05) is 10.9 Å². The van der Waals surface area contributed by atoms with E-state index in [1.165, 1.54) is 12.1 Å². The minimum absolute atomic E-state index is 0.226. The molecule has 22 heavy (non-hydrogen) atoms. The van der Waals surface area contributed by atoms with Crippen LogP contribution < -0.4 is 0 Å². The predicted octanol–water partition coefficient (Wildman–Crippen LogP) is 3.18. The normalized spacial score (nSPS) is 11.3. The summed E-state index contributed by atoms with van der Waals surface area (Å²) in [6.45, 7) is 5.31. The van der Waals surface area contributed by atoms with Crippen LogP contribution in [0.25, 0.3) is 11.3 Å². The Morgan fingerprint density at radius 1 is 1.27 bits per heavy atom. The second-order valence-electron chi connectivity index (χ2n) is 5.48. The second kappa shape index (κ2) is 8.06. The summed E-state index contributed by atoms with van der Waals surface area (Å²) in [7, 11) is 3.78.